The van der Waals surface area contributed by atoms with Crippen molar-refractivity contribution in [1.29, 1.82) is 0 Å². The molecule has 0 atom stereocenters. The monoisotopic (exact) mass is 189 g/mol. The van der Waals surface area contributed by atoms with Crippen molar-refractivity contribution in [1.82, 2.24) is 5.32 Å². The highest BCUT2D eigenvalue weighted by Gasteiger charge is 2.01. The minimum atomic E-state index is 0.0409. The van der Waals surface area contributed by atoms with Gasteiger partial charge in [-0.2, -0.15) is 0 Å². The summed E-state index contributed by atoms with van der Waals surface area (Å²) in [5.74, 6) is 0.0409. The van der Waals surface area contributed by atoms with Crippen LogP contribution in [0.1, 0.15) is 12.5 Å². The zero-order valence-corrected chi connectivity index (χ0v) is 8.42. The Bertz CT molecular complexity index is 316. The summed E-state index contributed by atoms with van der Waals surface area (Å²) in [4.78, 5) is 11.4. The van der Waals surface area contributed by atoms with Crippen molar-refractivity contribution in [2.24, 2.45) is 0 Å². The molecule has 1 aromatic rings. The van der Waals surface area contributed by atoms with Gasteiger partial charge in [-0.15, -0.1) is 0 Å². The van der Waals surface area contributed by atoms with E-state index in [4.69, 9.17) is 0 Å². The smallest absolute Gasteiger partial charge is 0.224 e. The highest BCUT2D eigenvalue weighted by atomic mass is 16.1. The van der Waals surface area contributed by atoms with Crippen molar-refractivity contribution >= 4 is 5.91 Å². The van der Waals surface area contributed by atoms with Gasteiger partial charge in [-0.25, -0.2) is 0 Å². The lowest BCUT2D eigenvalue weighted by Gasteiger charge is -2.04. The van der Waals surface area contributed by atoms with Gasteiger partial charge in [0.25, 0.3) is 0 Å². The highest BCUT2D eigenvalue weighted by molar-refractivity contribution is 5.78. The van der Waals surface area contributed by atoms with Gasteiger partial charge < -0.3 is 5.32 Å². The summed E-state index contributed by atoms with van der Waals surface area (Å²) in [7, 11) is 0. The molecule has 1 amide bonds. The van der Waals surface area contributed by atoms with Gasteiger partial charge in [0.05, 0.1) is 6.42 Å². The molecule has 2 heteroatoms. The molecule has 0 aliphatic carbocycles. The van der Waals surface area contributed by atoms with E-state index in [2.05, 4.69) is 11.9 Å². The molecule has 74 valence electrons. The molecule has 0 saturated heterocycles. The van der Waals surface area contributed by atoms with Crippen molar-refractivity contribution in [3.8, 4) is 0 Å². The third kappa shape index (κ3) is 3.90. The standard InChI is InChI=1S/C12H15NO/c1-10(2)9-13-12(14)8-11-6-4-3-5-7-11/h3-7H,1,8-9H2,2H3,(H,13,14). The second-order valence-corrected chi connectivity index (χ2v) is 3.40. The SMILES string of the molecule is C=C(C)CNC(=O)Cc1ccccc1. The van der Waals surface area contributed by atoms with Crippen LogP contribution in [-0.2, 0) is 11.2 Å². The molecular formula is C12H15NO. The molecule has 0 bridgehead atoms. The molecule has 0 spiro atoms. The summed E-state index contributed by atoms with van der Waals surface area (Å²) >= 11 is 0. The van der Waals surface area contributed by atoms with E-state index in [1.54, 1.807) is 0 Å². The van der Waals surface area contributed by atoms with E-state index in [0.717, 1.165) is 11.1 Å². The van der Waals surface area contributed by atoms with E-state index in [-0.39, 0.29) is 5.91 Å². The average Bonchev–Trinajstić information content (AvgIpc) is 2.16. The van der Waals surface area contributed by atoms with Crippen molar-refractivity contribution in [3.05, 3.63) is 48.0 Å². The van der Waals surface area contributed by atoms with E-state index < -0.39 is 0 Å². The van der Waals surface area contributed by atoms with Gasteiger partial charge in [-0.3, -0.25) is 4.79 Å². The Hall–Kier alpha value is -1.57. The van der Waals surface area contributed by atoms with E-state index in [9.17, 15) is 4.79 Å². The van der Waals surface area contributed by atoms with Crippen LogP contribution < -0.4 is 5.32 Å². The molecule has 1 rings (SSSR count). The van der Waals surface area contributed by atoms with Crippen LogP contribution in [0.2, 0.25) is 0 Å². The van der Waals surface area contributed by atoms with E-state index in [1.807, 2.05) is 37.3 Å². The number of rotatable bonds is 4. The number of nitrogens with one attached hydrogen (secondary N) is 1. The van der Waals surface area contributed by atoms with Crippen molar-refractivity contribution in [2.75, 3.05) is 6.54 Å². The maximum absolute atomic E-state index is 11.4. The molecular weight excluding hydrogens is 174 g/mol. The van der Waals surface area contributed by atoms with Crippen LogP contribution in [0.25, 0.3) is 0 Å². The maximum Gasteiger partial charge on any atom is 0.224 e. The maximum atomic E-state index is 11.4. The molecule has 0 aromatic heterocycles. The average molecular weight is 189 g/mol. The summed E-state index contributed by atoms with van der Waals surface area (Å²) in [5.41, 5.74) is 2.00. The highest BCUT2D eigenvalue weighted by Crippen LogP contribution is 1.99. The lowest BCUT2D eigenvalue weighted by atomic mass is 10.1. The summed E-state index contributed by atoms with van der Waals surface area (Å²) in [5, 5.41) is 2.79. The van der Waals surface area contributed by atoms with Crippen molar-refractivity contribution in [3.63, 3.8) is 0 Å². The number of amides is 1. The van der Waals surface area contributed by atoms with Crippen LogP contribution in [0, 0.1) is 0 Å². The predicted molar refractivity (Wildman–Crippen MR) is 58.0 cm³/mol. The molecule has 1 N–H and O–H groups in total. The first kappa shape index (κ1) is 10.5. The lowest BCUT2D eigenvalue weighted by molar-refractivity contribution is -0.120. The minimum absolute atomic E-state index is 0.0409. The summed E-state index contributed by atoms with van der Waals surface area (Å²) in [6.07, 6.45) is 0.439. The number of carbonyl (C=O) groups is 1. The van der Waals surface area contributed by atoms with Crippen LogP contribution in [0.15, 0.2) is 42.5 Å². The fourth-order valence-corrected chi connectivity index (χ4v) is 1.09. The molecule has 0 saturated carbocycles. The minimum Gasteiger partial charge on any atom is -0.352 e. The van der Waals surface area contributed by atoms with Gasteiger partial charge in [0, 0.05) is 6.54 Å². The third-order valence-corrected chi connectivity index (χ3v) is 1.79. The summed E-state index contributed by atoms with van der Waals surface area (Å²) in [6, 6.07) is 9.69. The Balaban J connectivity index is 2.38. The van der Waals surface area contributed by atoms with Crippen LogP contribution in [0.4, 0.5) is 0 Å². The normalized spacial score (nSPS) is 9.50. The lowest BCUT2D eigenvalue weighted by Crippen LogP contribution is -2.26. The molecule has 0 aliphatic heterocycles. The van der Waals surface area contributed by atoms with E-state index in [0.29, 0.717) is 13.0 Å². The Morgan fingerprint density at radius 1 is 1.36 bits per heavy atom. The predicted octanol–water partition coefficient (Wildman–Crippen LogP) is 1.92. The van der Waals surface area contributed by atoms with Gasteiger partial charge in [0.2, 0.25) is 5.91 Å². The number of hydrogen-bond donors (Lipinski definition) is 1. The van der Waals surface area contributed by atoms with Crippen LogP contribution in [-0.4, -0.2) is 12.5 Å². The molecule has 0 heterocycles. The fourth-order valence-electron chi connectivity index (χ4n) is 1.09. The molecule has 0 fully saturated rings. The van der Waals surface area contributed by atoms with Gasteiger partial charge in [-0.1, -0.05) is 42.5 Å². The molecule has 0 radical (unpaired) electrons. The van der Waals surface area contributed by atoms with Gasteiger partial charge in [0.1, 0.15) is 0 Å². The van der Waals surface area contributed by atoms with Crippen molar-refractivity contribution < 1.29 is 4.79 Å². The third-order valence-electron chi connectivity index (χ3n) is 1.79. The van der Waals surface area contributed by atoms with Gasteiger partial charge in [0.15, 0.2) is 0 Å². The Kier molecular flexibility index (Phi) is 3.92. The van der Waals surface area contributed by atoms with E-state index >= 15 is 0 Å². The zero-order chi connectivity index (χ0) is 10.4. The Labute approximate surface area is 84.6 Å². The molecule has 14 heavy (non-hydrogen) atoms. The van der Waals surface area contributed by atoms with Crippen molar-refractivity contribution in [2.45, 2.75) is 13.3 Å². The summed E-state index contributed by atoms with van der Waals surface area (Å²) in [6.45, 7) is 6.17. The Morgan fingerprint density at radius 3 is 2.57 bits per heavy atom. The number of benzene rings is 1. The first-order valence-corrected chi connectivity index (χ1v) is 4.63. The topological polar surface area (TPSA) is 29.1 Å². The first-order chi connectivity index (χ1) is 6.68. The quantitative estimate of drug-likeness (QED) is 0.720. The van der Waals surface area contributed by atoms with E-state index in [1.165, 1.54) is 0 Å². The van der Waals surface area contributed by atoms with Gasteiger partial charge in [-0.05, 0) is 12.5 Å². The fraction of sp³-hybridized carbons (Fsp3) is 0.250. The Morgan fingerprint density at radius 2 is 2.00 bits per heavy atom. The van der Waals surface area contributed by atoms with Crippen LogP contribution >= 0.6 is 0 Å². The largest absolute Gasteiger partial charge is 0.352 e. The van der Waals surface area contributed by atoms with Gasteiger partial charge >= 0.3 is 0 Å². The zero-order valence-electron chi connectivity index (χ0n) is 8.42. The second-order valence-electron chi connectivity index (χ2n) is 3.40. The summed E-state index contributed by atoms with van der Waals surface area (Å²) < 4.78 is 0. The molecule has 0 aliphatic rings. The van der Waals surface area contributed by atoms with Crippen LogP contribution in [0.5, 0.6) is 0 Å². The number of carbonyl (C=O) groups excluding carboxylic acids is 1. The van der Waals surface area contributed by atoms with Crippen LogP contribution in [0.3, 0.4) is 0 Å². The molecule has 2 nitrogen and oxygen atoms in total. The molecule has 0 unspecified atom stereocenters. The first-order valence-electron chi connectivity index (χ1n) is 4.63. The number of hydrogen-bond acceptors (Lipinski definition) is 1. The molecule has 1 aromatic carbocycles. The second kappa shape index (κ2) is 5.22.